The Hall–Kier alpha value is -5.23. The first-order valence-corrected chi connectivity index (χ1v) is 14.1. The Morgan fingerprint density at radius 3 is 2.34 bits per heavy atom. The van der Waals surface area contributed by atoms with Gasteiger partial charge in [0.2, 0.25) is 5.95 Å². The predicted molar refractivity (Wildman–Crippen MR) is 164 cm³/mol. The lowest BCUT2D eigenvalue weighted by molar-refractivity contribution is -0.137. The maximum atomic E-state index is 13.1. The molecular weight excluding hydrogens is 569 g/mol. The van der Waals surface area contributed by atoms with Crippen LogP contribution in [0.1, 0.15) is 11.1 Å². The van der Waals surface area contributed by atoms with E-state index in [-0.39, 0.29) is 6.54 Å². The number of ether oxygens (including phenoxy) is 1. The van der Waals surface area contributed by atoms with Crippen molar-refractivity contribution < 1.29 is 17.9 Å². The first-order chi connectivity index (χ1) is 21.4. The lowest BCUT2D eigenvalue weighted by atomic mass is 10.1. The molecule has 0 saturated carbocycles. The van der Waals surface area contributed by atoms with Crippen LogP contribution >= 0.6 is 0 Å². The van der Waals surface area contributed by atoms with Crippen LogP contribution in [0.25, 0.3) is 21.9 Å². The summed E-state index contributed by atoms with van der Waals surface area (Å²) in [6.45, 7) is 3.36. The summed E-state index contributed by atoms with van der Waals surface area (Å²) in [5, 5.41) is 8.57. The molecule has 7 rings (SSSR count). The summed E-state index contributed by atoms with van der Waals surface area (Å²) in [4.78, 5) is 20.9. The van der Waals surface area contributed by atoms with Crippen LogP contribution in [0.4, 0.5) is 42.1 Å². The Bertz CT molecular complexity index is 1910. The van der Waals surface area contributed by atoms with E-state index in [1.807, 2.05) is 42.5 Å². The van der Waals surface area contributed by atoms with E-state index in [0.717, 1.165) is 47.4 Å². The van der Waals surface area contributed by atoms with Gasteiger partial charge in [-0.1, -0.05) is 36.4 Å². The fourth-order valence-corrected chi connectivity index (χ4v) is 5.24. The van der Waals surface area contributed by atoms with Crippen molar-refractivity contribution in [2.45, 2.75) is 12.7 Å². The molecule has 2 N–H and O–H groups in total. The summed E-state index contributed by atoms with van der Waals surface area (Å²) >= 11 is 0. The number of nitrogens with one attached hydrogen (secondary N) is 2. The Labute approximate surface area is 250 Å². The van der Waals surface area contributed by atoms with Gasteiger partial charge in [-0.3, -0.25) is 0 Å². The normalized spacial score (nSPS) is 13.8. The predicted octanol–water partition coefficient (Wildman–Crippen LogP) is 6.77. The van der Waals surface area contributed by atoms with Gasteiger partial charge >= 0.3 is 6.18 Å². The van der Waals surface area contributed by atoms with Crippen LogP contribution in [-0.2, 0) is 17.5 Å². The first-order valence-electron chi connectivity index (χ1n) is 14.1. The van der Waals surface area contributed by atoms with Crippen LogP contribution in [0.5, 0.6) is 0 Å². The zero-order chi connectivity index (χ0) is 30.1. The molecule has 0 radical (unpaired) electrons. The van der Waals surface area contributed by atoms with Gasteiger partial charge in [0.1, 0.15) is 5.82 Å². The number of benzene rings is 3. The minimum Gasteiger partial charge on any atom is -0.378 e. The molecule has 12 heteroatoms. The van der Waals surface area contributed by atoms with Crippen molar-refractivity contribution in [2.24, 2.45) is 0 Å². The number of rotatable bonds is 7. The molecule has 3 aromatic heterocycles. The number of nitrogens with zero attached hydrogens (tertiary/aromatic N) is 6. The van der Waals surface area contributed by atoms with Crippen molar-refractivity contribution in [1.29, 1.82) is 0 Å². The van der Waals surface area contributed by atoms with Gasteiger partial charge in [0.15, 0.2) is 17.0 Å². The van der Waals surface area contributed by atoms with Gasteiger partial charge in [-0.2, -0.15) is 23.1 Å². The van der Waals surface area contributed by atoms with Crippen LogP contribution in [-0.4, -0.2) is 50.8 Å². The van der Waals surface area contributed by atoms with Gasteiger partial charge < -0.3 is 24.8 Å². The largest absolute Gasteiger partial charge is 0.416 e. The Kier molecular flexibility index (Phi) is 7.18. The van der Waals surface area contributed by atoms with Gasteiger partial charge in [0, 0.05) is 36.0 Å². The third kappa shape index (κ3) is 5.71. The number of hydrogen-bond donors (Lipinski definition) is 2. The molecule has 1 fully saturated rings. The highest BCUT2D eigenvalue weighted by atomic mass is 19.4. The summed E-state index contributed by atoms with van der Waals surface area (Å²) in [5.41, 5.74) is 2.93. The molecule has 0 bridgehead atoms. The lowest BCUT2D eigenvalue weighted by Crippen LogP contribution is -2.36. The second-order valence-electron chi connectivity index (χ2n) is 10.4. The van der Waals surface area contributed by atoms with E-state index in [0.29, 0.717) is 47.5 Å². The molecule has 0 unspecified atom stereocenters. The Morgan fingerprint density at radius 1 is 0.795 bits per heavy atom. The van der Waals surface area contributed by atoms with E-state index in [1.54, 1.807) is 17.1 Å². The van der Waals surface area contributed by atoms with Crippen molar-refractivity contribution in [2.75, 3.05) is 41.8 Å². The van der Waals surface area contributed by atoms with Crippen molar-refractivity contribution in [3.63, 3.8) is 0 Å². The molecule has 1 aliphatic heterocycles. The van der Waals surface area contributed by atoms with E-state index < -0.39 is 11.7 Å². The molecule has 0 amide bonds. The zero-order valence-corrected chi connectivity index (χ0v) is 23.4. The van der Waals surface area contributed by atoms with Gasteiger partial charge in [-0.15, -0.1) is 0 Å². The fourth-order valence-electron chi connectivity index (χ4n) is 5.24. The number of anilines is 5. The van der Waals surface area contributed by atoms with Gasteiger partial charge in [0.25, 0.3) is 0 Å². The minimum atomic E-state index is -4.40. The van der Waals surface area contributed by atoms with Gasteiger partial charge in [-0.25, -0.2) is 9.97 Å². The number of aromatic nitrogens is 5. The molecular formula is C32H27F3N8O. The van der Waals surface area contributed by atoms with Crippen molar-refractivity contribution in [1.82, 2.24) is 24.5 Å². The van der Waals surface area contributed by atoms with Crippen LogP contribution in [0.15, 0.2) is 91.4 Å². The summed E-state index contributed by atoms with van der Waals surface area (Å²) < 4.78 is 46.6. The third-order valence-electron chi connectivity index (χ3n) is 7.51. The Morgan fingerprint density at radius 2 is 1.57 bits per heavy atom. The quantitative estimate of drug-likeness (QED) is 0.209. The van der Waals surface area contributed by atoms with Crippen molar-refractivity contribution in [3.05, 3.63) is 103 Å². The molecule has 0 aliphatic carbocycles. The zero-order valence-electron chi connectivity index (χ0n) is 23.4. The van der Waals surface area contributed by atoms with Crippen molar-refractivity contribution in [3.8, 4) is 0 Å². The van der Waals surface area contributed by atoms with Crippen LogP contribution in [0.2, 0.25) is 0 Å². The molecule has 0 atom stereocenters. The number of halogens is 3. The van der Waals surface area contributed by atoms with E-state index >= 15 is 0 Å². The summed E-state index contributed by atoms with van der Waals surface area (Å²) in [6, 6.07) is 22.9. The maximum absolute atomic E-state index is 13.1. The van der Waals surface area contributed by atoms with E-state index in [4.69, 9.17) is 14.7 Å². The highest BCUT2D eigenvalue weighted by Gasteiger charge is 2.30. The van der Waals surface area contributed by atoms with E-state index in [2.05, 4.69) is 37.6 Å². The molecule has 1 aliphatic rings. The molecule has 4 heterocycles. The molecule has 9 nitrogen and oxygen atoms in total. The number of pyridine rings is 1. The standard InChI is InChI=1S/C32H27F3N8O/c33-32(34,35)23-7-5-21(6-8-23)19-43-20-37-27-29(38-24-9-11-25(12-10-24)42-15-17-44-18-16-42)40-31(41-30(27)43)39-28-26-4-2-1-3-22(26)13-14-36-28/h1-14,20H,15-19H2,(H2,36,38,39,40,41). The second kappa shape index (κ2) is 11.5. The van der Waals surface area contributed by atoms with Crippen LogP contribution in [0, 0.1) is 0 Å². The first kappa shape index (κ1) is 27.6. The summed E-state index contributed by atoms with van der Waals surface area (Å²) in [7, 11) is 0. The second-order valence-corrected chi connectivity index (χ2v) is 10.4. The SMILES string of the molecule is FC(F)(F)c1ccc(Cn2cnc3c(Nc4ccc(N5CCOCC5)cc4)nc(Nc4nccc5ccccc45)nc32)cc1. The maximum Gasteiger partial charge on any atom is 0.416 e. The molecule has 222 valence electrons. The molecule has 44 heavy (non-hydrogen) atoms. The molecule has 6 aromatic rings. The average Bonchev–Trinajstić information content (AvgIpc) is 3.44. The fraction of sp³-hybridized carbons (Fsp3) is 0.188. The lowest BCUT2D eigenvalue weighted by Gasteiger charge is -2.28. The van der Waals surface area contributed by atoms with Crippen molar-refractivity contribution >= 4 is 50.9 Å². The highest BCUT2D eigenvalue weighted by Crippen LogP contribution is 2.31. The minimum absolute atomic E-state index is 0.269. The number of morpholine rings is 1. The number of fused-ring (bicyclic) bond motifs is 2. The molecule has 0 spiro atoms. The van der Waals surface area contributed by atoms with Crippen LogP contribution in [0.3, 0.4) is 0 Å². The van der Waals surface area contributed by atoms with Crippen LogP contribution < -0.4 is 15.5 Å². The average molecular weight is 597 g/mol. The highest BCUT2D eigenvalue weighted by molar-refractivity contribution is 5.93. The number of alkyl halides is 3. The number of hydrogen-bond acceptors (Lipinski definition) is 8. The summed E-state index contributed by atoms with van der Waals surface area (Å²) in [5.74, 6) is 1.36. The monoisotopic (exact) mass is 596 g/mol. The summed E-state index contributed by atoms with van der Waals surface area (Å²) in [6.07, 6.45) is -1.07. The van der Waals surface area contributed by atoms with Gasteiger partial charge in [0.05, 0.1) is 31.6 Å². The smallest absolute Gasteiger partial charge is 0.378 e. The third-order valence-corrected chi connectivity index (χ3v) is 7.51. The molecule has 3 aromatic carbocycles. The molecule has 1 saturated heterocycles. The topological polar surface area (TPSA) is 93.0 Å². The van der Waals surface area contributed by atoms with E-state index in [9.17, 15) is 13.2 Å². The Balaban J connectivity index is 1.24. The van der Waals surface area contributed by atoms with Gasteiger partial charge in [-0.05, 0) is 53.4 Å². The number of imidazole rings is 1. The van der Waals surface area contributed by atoms with E-state index in [1.165, 1.54) is 12.1 Å².